The average Bonchev–Trinajstić information content (AvgIpc) is 2.51. The van der Waals surface area contributed by atoms with Crippen molar-refractivity contribution in [1.82, 2.24) is 5.32 Å². The van der Waals surface area contributed by atoms with E-state index in [-0.39, 0.29) is 17.8 Å². The number of anilines is 1. The predicted octanol–water partition coefficient (Wildman–Crippen LogP) is 2.64. The summed E-state index contributed by atoms with van der Waals surface area (Å²) in [6.45, 7) is 7.61. The minimum absolute atomic E-state index is 0.0676. The summed E-state index contributed by atoms with van der Waals surface area (Å²) in [5.41, 5.74) is 1.71. The Balaban J connectivity index is 1.88. The number of ether oxygens (including phenoxy) is 1. The van der Waals surface area contributed by atoms with Crippen molar-refractivity contribution in [3.8, 4) is 0 Å². The van der Waals surface area contributed by atoms with E-state index in [1.807, 2.05) is 19.9 Å². The summed E-state index contributed by atoms with van der Waals surface area (Å²) < 4.78 is 19.2. The third-order valence-electron chi connectivity index (χ3n) is 4.07. The summed E-state index contributed by atoms with van der Waals surface area (Å²) in [6.07, 6.45) is 1.22. The van der Waals surface area contributed by atoms with Crippen molar-refractivity contribution in [2.75, 3.05) is 24.6 Å². The van der Waals surface area contributed by atoms with Gasteiger partial charge in [-0.15, -0.1) is 0 Å². The molecule has 1 amide bonds. The van der Waals surface area contributed by atoms with Crippen LogP contribution in [0.1, 0.15) is 32.3 Å². The monoisotopic (exact) mass is 308 g/mol. The zero-order chi connectivity index (χ0) is 16.1. The Hall–Kier alpha value is -1.62. The first-order valence-corrected chi connectivity index (χ1v) is 7.94. The highest BCUT2D eigenvalue weighted by atomic mass is 19.1. The zero-order valence-corrected chi connectivity index (χ0v) is 13.6. The van der Waals surface area contributed by atoms with Crippen molar-refractivity contribution in [1.29, 1.82) is 0 Å². The Morgan fingerprint density at radius 2 is 2.14 bits per heavy atom. The molecule has 1 aliphatic rings. The topological polar surface area (TPSA) is 41.6 Å². The number of nitrogens with zero attached hydrogens (tertiary/aromatic N) is 1. The second-order valence-corrected chi connectivity index (χ2v) is 5.82. The van der Waals surface area contributed by atoms with E-state index in [4.69, 9.17) is 4.74 Å². The van der Waals surface area contributed by atoms with Crippen molar-refractivity contribution in [2.24, 2.45) is 0 Å². The Bertz CT molecular complexity index is 513. The summed E-state index contributed by atoms with van der Waals surface area (Å²) in [5.74, 6) is -0.250. The van der Waals surface area contributed by atoms with Crippen LogP contribution in [0.15, 0.2) is 18.2 Å². The van der Waals surface area contributed by atoms with Gasteiger partial charge in [0.1, 0.15) is 11.9 Å². The lowest BCUT2D eigenvalue weighted by atomic mass is 10.0. The fourth-order valence-electron chi connectivity index (χ4n) is 2.77. The lowest BCUT2D eigenvalue weighted by Gasteiger charge is -2.34. The van der Waals surface area contributed by atoms with Gasteiger partial charge in [0, 0.05) is 25.7 Å². The van der Waals surface area contributed by atoms with Gasteiger partial charge in [-0.25, -0.2) is 4.39 Å². The van der Waals surface area contributed by atoms with E-state index in [1.165, 1.54) is 6.07 Å². The molecule has 1 saturated heterocycles. The van der Waals surface area contributed by atoms with Gasteiger partial charge in [-0.2, -0.15) is 0 Å². The number of hydrogen-bond acceptors (Lipinski definition) is 3. The van der Waals surface area contributed by atoms with Gasteiger partial charge >= 0.3 is 0 Å². The summed E-state index contributed by atoms with van der Waals surface area (Å²) in [7, 11) is 0. The molecule has 1 N–H and O–H groups in total. The smallest absolute Gasteiger partial charge is 0.249 e. The molecule has 1 aromatic carbocycles. The molecule has 1 fully saturated rings. The number of benzene rings is 1. The van der Waals surface area contributed by atoms with Gasteiger partial charge in [0.2, 0.25) is 5.91 Å². The predicted molar refractivity (Wildman–Crippen MR) is 85.6 cm³/mol. The molecule has 0 radical (unpaired) electrons. The van der Waals surface area contributed by atoms with Gasteiger partial charge in [-0.1, -0.05) is 6.07 Å². The Morgan fingerprint density at radius 3 is 2.77 bits per heavy atom. The van der Waals surface area contributed by atoms with Crippen LogP contribution in [-0.4, -0.2) is 37.7 Å². The molecule has 0 saturated carbocycles. The molecule has 5 heteroatoms. The summed E-state index contributed by atoms with van der Waals surface area (Å²) in [5, 5.41) is 3.02. The Morgan fingerprint density at radius 1 is 1.45 bits per heavy atom. The number of piperidine rings is 1. The highest BCUT2D eigenvalue weighted by molar-refractivity contribution is 5.80. The second kappa shape index (κ2) is 7.58. The van der Waals surface area contributed by atoms with Crippen molar-refractivity contribution in [2.45, 2.75) is 45.8 Å². The van der Waals surface area contributed by atoms with Gasteiger partial charge in [0.05, 0.1) is 5.69 Å². The van der Waals surface area contributed by atoms with Crippen LogP contribution in [-0.2, 0) is 9.53 Å². The number of carbonyl (C=O) groups is 1. The summed E-state index contributed by atoms with van der Waals surface area (Å²) >= 11 is 0. The Labute approximate surface area is 131 Å². The third-order valence-corrected chi connectivity index (χ3v) is 4.07. The lowest BCUT2D eigenvalue weighted by molar-refractivity contribution is -0.132. The number of rotatable bonds is 5. The first-order valence-electron chi connectivity index (χ1n) is 7.94. The first-order chi connectivity index (χ1) is 10.5. The molecule has 0 aliphatic carbocycles. The van der Waals surface area contributed by atoms with E-state index in [9.17, 15) is 9.18 Å². The number of carbonyl (C=O) groups excluding carboxylic acids is 1. The molecule has 0 spiro atoms. The molecule has 22 heavy (non-hydrogen) atoms. The van der Waals surface area contributed by atoms with E-state index in [0.29, 0.717) is 12.3 Å². The van der Waals surface area contributed by atoms with E-state index >= 15 is 0 Å². The minimum Gasteiger partial charge on any atom is -0.369 e. The number of amides is 1. The number of halogens is 1. The molecule has 1 unspecified atom stereocenters. The van der Waals surface area contributed by atoms with E-state index in [0.717, 1.165) is 31.5 Å². The fourth-order valence-corrected chi connectivity index (χ4v) is 2.77. The van der Waals surface area contributed by atoms with Gasteiger partial charge in [-0.3, -0.25) is 4.79 Å². The molecule has 1 atom stereocenters. The van der Waals surface area contributed by atoms with Crippen LogP contribution in [0.25, 0.3) is 0 Å². The van der Waals surface area contributed by atoms with Crippen molar-refractivity contribution in [3.05, 3.63) is 29.6 Å². The van der Waals surface area contributed by atoms with Crippen LogP contribution in [0, 0.1) is 12.7 Å². The van der Waals surface area contributed by atoms with Crippen LogP contribution in [0.5, 0.6) is 0 Å². The van der Waals surface area contributed by atoms with Crippen LogP contribution < -0.4 is 10.2 Å². The highest BCUT2D eigenvalue weighted by Crippen LogP contribution is 2.24. The molecule has 2 rings (SSSR count). The van der Waals surface area contributed by atoms with Crippen LogP contribution in [0.3, 0.4) is 0 Å². The average molecular weight is 308 g/mol. The normalized spacial score (nSPS) is 17.4. The van der Waals surface area contributed by atoms with Crippen molar-refractivity contribution in [3.63, 3.8) is 0 Å². The number of aryl methyl sites for hydroxylation is 1. The maximum absolute atomic E-state index is 13.9. The number of nitrogens with one attached hydrogen (secondary N) is 1. The van der Waals surface area contributed by atoms with Crippen LogP contribution in [0.2, 0.25) is 0 Å². The van der Waals surface area contributed by atoms with Crippen LogP contribution in [0.4, 0.5) is 10.1 Å². The maximum atomic E-state index is 13.9. The molecule has 0 aromatic heterocycles. The zero-order valence-electron chi connectivity index (χ0n) is 13.6. The first kappa shape index (κ1) is 16.7. The van der Waals surface area contributed by atoms with Gasteiger partial charge in [-0.05, 0) is 51.3 Å². The van der Waals surface area contributed by atoms with E-state index in [1.54, 1.807) is 13.0 Å². The molecular formula is C17H25FN2O2. The summed E-state index contributed by atoms with van der Waals surface area (Å²) in [4.78, 5) is 14.0. The SMILES string of the molecule is CCOC(C)C(=O)NC1CCN(c2cc(C)ccc2F)CC1. The highest BCUT2D eigenvalue weighted by Gasteiger charge is 2.24. The largest absolute Gasteiger partial charge is 0.369 e. The molecule has 4 nitrogen and oxygen atoms in total. The lowest BCUT2D eigenvalue weighted by Crippen LogP contribution is -2.47. The minimum atomic E-state index is -0.419. The molecule has 1 heterocycles. The molecule has 0 bridgehead atoms. The standard InChI is InChI=1S/C17H25FN2O2/c1-4-22-13(3)17(21)19-14-7-9-20(10-8-14)16-11-12(2)5-6-15(16)18/h5-6,11,13-14H,4,7-10H2,1-3H3,(H,19,21). The van der Waals surface area contributed by atoms with Gasteiger partial charge in [0.25, 0.3) is 0 Å². The van der Waals surface area contributed by atoms with Crippen molar-refractivity contribution < 1.29 is 13.9 Å². The second-order valence-electron chi connectivity index (χ2n) is 5.82. The molecule has 122 valence electrons. The molecule has 1 aromatic rings. The third kappa shape index (κ3) is 4.19. The molecule has 1 aliphatic heterocycles. The van der Waals surface area contributed by atoms with Gasteiger partial charge < -0.3 is 15.0 Å². The molecular weight excluding hydrogens is 283 g/mol. The van der Waals surface area contributed by atoms with Gasteiger partial charge in [0.15, 0.2) is 0 Å². The van der Waals surface area contributed by atoms with E-state index < -0.39 is 6.10 Å². The maximum Gasteiger partial charge on any atom is 0.249 e. The van der Waals surface area contributed by atoms with Crippen LogP contribution >= 0.6 is 0 Å². The Kier molecular flexibility index (Phi) is 5.77. The number of hydrogen-bond donors (Lipinski definition) is 1. The van der Waals surface area contributed by atoms with E-state index in [2.05, 4.69) is 10.2 Å². The van der Waals surface area contributed by atoms with Crippen molar-refractivity contribution >= 4 is 11.6 Å². The summed E-state index contributed by atoms with van der Waals surface area (Å²) in [6, 6.07) is 5.31. The quantitative estimate of drug-likeness (QED) is 0.909. The fraction of sp³-hybridized carbons (Fsp3) is 0.588.